The van der Waals surface area contributed by atoms with Gasteiger partial charge in [-0.2, -0.15) is 0 Å². The van der Waals surface area contributed by atoms with Crippen molar-refractivity contribution in [1.82, 2.24) is 10.2 Å². The van der Waals surface area contributed by atoms with Crippen LogP contribution in [0.15, 0.2) is 24.3 Å². The van der Waals surface area contributed by atoms with Crippen LogP contribution in [0.5, 0.6) is 5.75 Å². The molecule has 0 unspecified atom stereocenters. The van der Waals surface area contributed by atoms with Crippen molar-refractivity contribution in [2.45, 2.75) is 32.2 Å². The lowest BCUT2D eigenvalue weighted by molar-refractivity contribution is 0.0837. The van der Waals surface area contributed by atoms with E-state index in [0.29, 0.717) is 6.04 Å². The first kappa shape index (κ1) is 19.6. The maximum atomic E-state index is 5.56. The van der Waals surface area contributed by atoms with Gasteiger partial charge in [0.05, 0.1) is 6.61 Å². The minimum absolute atomic E-state index is 0. The minimum Gasteiger partial charge on any atom is -0.494 e. The molecule has 1 N–H and O–H groups in total. The molecule has 1 atom stereocenters. The number of halogens is 2. The highest BCUT2D eigenvalue weighted by Crippen LogP contribution is 2.41. The lowest BCUT2D eigenvalue weighted by Gasteiger charge is -2.43. The second kappa shape index (κ2) is 9.61. The van der Waals surface area contributed by atoms with E-state index in [2.05, 4.69) is 34.5 Å². The molecule has 2 aliphatic rings. The summed E-state index contributed by atoms with van der Waals surface area (Å²) in [5, 5.41) is 3.46. The second-order valence-corrected chi connectivity index (χ2v) is 5.92. The van der Waals surface area contributed by atoms with Crippen molar-refractivity contribution in [2.75, 3.05) is 32.8 Å². The van der Waals surface area contributed by atoms with E-state index in [-0.39, 0.29) is 24.8 Å². The number of hydrogen-bond donors (Lipinski definition) is 1. The highest BCUT2D eigenvalue weighted by atomic mass is 35.5. The molecule has 1 aromatic rings. The van der Waals surface area contributed by atoms with Crippen LogP contribution >= 0.6 is 24.8 Å². The average molecular weight is 347 g/mol. The predicted octanol–water partition coefficient (Wildman–Crippen LogP) is 3.68. The minimum atomic E-state index is 0. The van der Waals surface area contributed by atoms with Gasteiger partial charge in [0.15, 0.2) is 0 Å². The van der Waals surface area contributed by atoms with Crippen molar-refractivity contribution >= 4 is 24.8 Å². The van der Waals surface area contributed by atoms with Gasteiger partial charge in [0.2, 0.25) is 0 Å². The number of nitrogens with one attached hydrogen (secondary N) is 1. The molecule has 0 bridgehead atoms. The Kier molecular flexibility index (Phi) is 8.55. The summed E-state index contributed by atoms with van der Waals surface area (Å²) in [5.74, 6) is 1.84. The number of nitrogens with zero attached hydrogens (tertiary/aromatic N) is 1. The lowest BCUT2D eigenvalue weighted by atomic mass is 9.76. The normalized spacial score (nSPS) is 20.2. The van der Waals surface area contributed by atoms with Gasteiger partial charge < -0.3 is 10.1 Å². The molecule has 1 saturated carbocycles. The van der Waals surface area contributed by atoms with Crippen LogP contribution < -0.4 is 10.1 Å². The molecule has 1 aliphatic carbocycles. The van der Waals surface area contributed by atoms with E-state index in [1.54, 1.807) is 0 Å². The molecule has 1 aromatic carbocycles. The van der Waals surface area contributed by atoms with Gasteiger partial charge in [-0.25, -0.2) is 0 Å². The zero-order chi connectivity index (χ0) is 13.8. The maximum Gasteiger partial charge on any atom is 0.119 e. The molecule has 0 spiro atoms. The van der Waals surface area contributed by atoms with Crippen LogP contribution in [0.25, 0.3) is 0 Å². The van der Waals surface area contributed by atoms with Gasteiger partial charge in [-0.1, -0.05) is 18.6 Å². The van der Waals surface area contributed by atoms with Crippen molar-refractivity contribution in [3.8, 4) is 5.75 Å². The summed E-state index contributed by atoms with van der Waals surface area (Å²) in [4.78, 5) is 2.68. The van der Waals surface area contributed by atoms with Gasteiger partial charge in [-0.3, -0.25) is 4.90 Å². The molecule has 5 heteroatoms. The fraction of sp³-hybridized carbons (Fsp3) is 0.647. The van der Waals surface area contributed by atoms with Crippen LogP contribution in [0.4, 0.5) is 0 Å². The summed E-state index contributed by atoms with van der Waals surface area (Å²) in [6.45, 7) is 7.37. The van der Waals surface area contributed by atoms with Crippen LogP contribution in [0.2, 0.25) is 0 Å². The Hall–Kier alpha value is -0.480. The number of ether oxygens (including phenoxy) is 1. The molecular formula is C17H28Cl2N2O. The fourth-order valence-corrected chi connectivity index (χ4v) is 3.42. The summed E-state index contributed by atoms with van der Waals surface area (Å²) in [6, 6.07) is 9.42. The van der Waals surface area contributed by atoms with E-state index in [1.165, 1.54) is 37.9 Å². The molecule has 0 aromatic heterocycles. The Morgan fingerprint density at radius 2 is 1.77 bits per heavy atom. The predicted molar refractivity (Wildman–Crippen MR) is 96.6 cm³/mol. The summed E-state index contributed by atoms with van der Waals surface area (Å²) in [5.41, 5.74) is 1.47. The molecule has 2 fully saturated rings. The van der Waals surface area contributed by atoms with Crippen molar-refractivity contribution < 1.29 is 4.74 Å². The third-order valence-electron chi connectivity index (χ3n) is 4.67. The highest BCUT2D eigenvalue weighted by Gasteiger charge is 2.33. The second-order valence-electron chi connectivity index (χ2n) is 5.92. The molecule has 1 saturated heterocycles. The number of benzene rings is 1. The van der Waals surface area contributed by atoms with Gasteiger partial charge in [-0.05, 0) is 43.4 Å². The SMILES string of the molecule is CCOc1ccc([C@H](C2CCC2)N2CCNCC2)cc1.Cl.Cl. The molecule has 1 heterocycles. The molecule has 1 aliphatic heterocycles. The zero-order valence-electron chi connectivity index (χ0n) is 13.3. The molecule has 22 heavy (non-hydrogen) atoms. The van der Waals surface area contributed by atoms with Crippen molar-refractivity contribution in [3.05, 3.63) is 29.8 Å². The van der Waals surface area contributed by atoms with Crippen molar-refractivity contribution in [1.29, 1.82) is 0 Å². The Labute approximate surface area is 146 Å². The van der Waals surface area contributed by atoms with Gasteiger partial charge in [0.25, 0.3) is 0 Å². The molecule has 3 nitrogen and oxygen atoms in total. The largest absolute Gasteiger partial charge is 0.494 e. The first-order chi connectivity index (χ1) is 9.88. The highest BCUT2D eigenvalue weighted by molar-refractivity contribution is 5.85. The number of rotatable bonds is 5. The quantitative estimate of drug-likeness (QED) is 0.880. The third kappa shape index (κ3) is 4.51. The van der Waals surface area contributed by atoms with Crippen LogP contribution in [-0.2, 0) is 0 Å². The zero-order valence-corrected chi connectivity index (χ0v) is 14.9. The van der Waals surface area contributed by atoms with Gasteiger partial charge >= 0.3 is 0 Å². The van der Waals surface area contributed by atoms with Crippen molar-refractivity contribution in [3.63, 3.8) is 0 Å². The number of hydrogen-bond acceptors (Lipinski definition) is 3. The Balaban J connectivity index is 0.00000121. The Morgan fingerprint density at radius 3 is 2.27 bits per heavy atom. The Bertz CT molecular complexity index is 417. The van der Waals surface area contributed by atoms with Gasteiger partial charge in [-0.15, -0.1) is 24.8 Å². The number of piperazine rings is 1. The summed E-state index contributed by atoms with van der Waals surface area (Å²) >= 11 is 0. The van der Waals surface area contributed by atoms with Crippen LogP contribution in [0, 0.1) is 5.92 Å². The van der Waals surface area contributed by atoms with E-state index in [1.807, 2.05) is 6.92 Å². The van der Waals surface area contributed by atoms with Crippen molar-refractivity contribution in [2.24, 2.45) is 5.92 Å². The first-order valence-corrected chi connectivity index (χ1v) is 8.06. The van der Waals surface area contributed by atoms with E-state index < -0.39 is 0 Å². The third-order valence-corrected chi connectivity index (χ3v) is 4.67. The standard InChI is InChI=1S/C17H26N2O.2ClH/c1-2-20-16-8-6-15(7-9-16)17(14-4-3-5-14)19-12-10-18-11-13-19;;/h6-9,14,17-18H,2-5,10-13H2,1H3;2*1H/t17-;;/m0../s1. The van der Waals surface area contributed by atoms with E-state index in [4.69, 9.17) is 4.74 Å². The summed E-state index contributed by atoms with van der Waals surface area (Å²) in [7, 11) is 0. The van der Waals surface area contributed by atoms with E-state index >= 15 is 0 Å². The molecular weight excluding hydrogens is 319 g/mol. The molecule has 0 radical (unpaired) electrons. The van der Waals surface area contributed by atoms with Gasteiger partial charge in [0.1, 0.15) is 5.75 Å². The molecule has 126 valence electrons. The topological polar surface area (TPSA) is 24.5 Å². The van der Waals surface area contributed by atoms with Gasteiger partial charge in [0, 0.05) is 32.2 Å². The summed E-state index contributed by atoms with van der Waals surface area (Å²) in [6.07, 6.45) is 4.19. The van der Waals surface area contributed by atoms with Crippen LogP contribution in [0.3, 0.4) is 0 Å². The maximum absolute atomic E-state index is 5.56. The average Bonchev–Trinajstić information content (AvgIpc) is 2.45. The molecule has 0 amide bonds. The summed E-state index contributed by atoms with van der Waals surface area (Å²) < 4.78 is 5.56. The van der Waals surface area contributed by atoms with E-state index in [0.717, 1.165) is 31.4 Å². The smallest absolute Gasteiger partial charge is 0.119 e. The fourth-order valence-electron chi connectivity index (χ4n) is 3.42. The molecule has 3 rings (SSSR count). The van der Waals surface area contributed by atoms with E-state index in [9.17, 15) is 0 Å². The van der Waals surface area contributed by atoms with Crippen LogP contribution in [-0.4, -0.2) is 37.7 Å². The Morgan fingerprint density at radius 1 is 1.14 bits per heavy atom. The monoisotopic (exact) mass is 346 g/mol. The first-order valence-electron chi connectivity index (χ1n) is 8.06. The van der Waals surface area contributed by atoms with Crippen LogP contribution in [0.1, 0.15) is 37.8 Å². The lowest BCUT2D eigenvalue weighted by Crippen LogP contribution is -2.47.